The van der Waals surface area contributed by atoms with Crippen molar-refractivity contribution in [3.8, 4) is 0 Å². The lowest BCUT2D eigenvalue weighted by Gasteiger charge is -2.38. The second kappa shape index (κ2) is 8.76. The molecule has 2 heterocycles. The van der Waals surface area contributed by atoms with Gasteiger partial charge < -0.3 is 15.1 Å². The van der Waals surface area contributed by atoms with Gasteiger partial charge in [-0.3, -0.25) is 9.67 Å². The number of aromatic nitrogens is 2. The van der Waals surface area contributed by atoms with E-state index in [4.69, 9.17) is 11.6 Å². The van der Waals surface area contributed by atoms with Crippen molar-refractivity contribution in [3.05, 3.63) is 47.7 Å². The predicted octanol–water partition coefficient (Wildman–Crippen LogP) is 2.32. The summed E-state index contributed by atoms with van der Waals surface area (Å²) in [5.41, 5.74) is 1.12. The third-order valence-corrected chi connectivity index (χ3v) is 4.71. The molecule has 1 aromatic carbocycles. The van der Waals surface area contributed by atoms with Gasteiger partial charge in [0.1, 0.15) is 0 Å². The highest BCUT2D eigenvalue weighted by atomic mass is 35.5. The smallest absolute Gasteiger partial charge is 0.193 e. The molecule has 3 rings (SSSR count). The number of hydrogen-bond acceptors (Lipinski definition) is 3. The summed E-state index contributed by atoms with van der Waals surface area (Å²) >= 11 is 6.31. The molecule has 6 nitrogen and oxygen atoms in total. The molecule has 1 N–H and O–H groups in total. The molecular formula is C18H25ClN6. The van der Waals surface area contributed by atoms with Gasteiger partial charge in [0, 0.05) is 58.7 Å². The van der Waals surface area contributed by atoms with E-state index in [1.165, 1.54) is 0 Å². The van der Waals surface area contributed by atoms with E-state index in [9.17, 15) is 0 Å². The minimum atomic E-state index is 0.817. The average Bonchev–Trinajstić information content (AvgIpc) is 3.16. The molecule has 0 bridgehead atoms. The average molecular weight is 361 g/mol. The van der Waals surface area contributed by atoms with Crippen LogP contribution in [0.3, 0.4) is 0 Å². The predicted molar refractivity (Wildman–Crippen MR) is 103 cm³/mol. The van der Waals surface area contributed by atoms with Crippen LogP contribution in [0.15, 0.2) is 47.7 Å². The molecule has 7 heteroatoms. The minimum Gasteiger partial charge on any atom is -0.367 e. The van der Waals surface area contributed by atoms with E-state index in [0.717, 1.165) is 62.4 Å². The van der Waals surface area contributed by atoms with Gasteiger partial charge in [-0.25, -0.2) is 0 Å². The van der Waals surface area contributed by atoms with Crippen LogP contribution < -0.4 is 10.2 Å². The Balaban J connectivity index is 1.45. The summed E-state index contributed by atoms with van der Waals surface area (Å²) in [5, 5.41) is 8.49. The number of aryl methyl sites for hydroxylation is 1. The third-order valence-electron chi connectivity index (χ3n) is 4.39. The van der Waals surface area contributed by atoms with Gasteiger partial charge in [0.25, 0.3) is 0 Å². The molecule has 0 spiro atoms. The summed E-state index contributed by atoms with van der Waals surface area (Å²) in [6.07, 6.45) is 4.81. The van der Waals surface area contributed by atoms with Gasteiger partial charge in [0.05, 0.1) is 10.7 Å². The zero-order chi connectivity index (χ0) is 17.5. The monoisotopic (exact) mass is 360 g/mol. The van der Waals surface area contributed by atoms with E-state index in [1.807, 2.05) is 48.4 Å². The van der Waals surface area contributed by atoms with Crippen molar-refractivity contribution >= 4 is 23.2 Å². The first-order valence-corrected chi connectivity index (χ1v) is 9.08. The van der Waals surface area contributed by atoms with Crippen molar-refractivity contribution in [2.75, 3.05) is 44.7 Å². The molecule has 0 unspecified atom stereocenters. The maximum atomic E-state index is 6.31. The van der Waals surface area contributed by atoms with Gasteiger partial charge >= 0.3 is 0 Å². The Hall–Kier alpha value is -2.21. The van der Waals surface area contributed by atoms with Gasteiger partial charge in [0.15, 0.2) is 5.96 Å². The fourth-order valence-corrected chi connectivity index (χ4v) is 3.33. The summed E-state index contributed by atoms with van der Waals surface area (Å²) in [6.45, 7) is 5.55. The van der Waals surface area contributed by atoms with Crippen LogP contribution in [0.1, 0.15) is 6.42 Å². The highest BCUT2D eigenvalue weighted by molar-refractivity contribution is 6.33. The van der Waals surface area contributed by atoms with Crippen LogP contribution >= 0.6 is 11.6 Å². The highest BCUT2D eigenvalue weighted by Gasteiger charge is 2.20. The van der Waals surface area contributed by atoms with Gasteiger partial charge in [-0.2, -0.15) is 5.10 Å². The standard InChI is InChI=1S/C18H25ClN6/c1-20-18(21-8-4-10-25-11-5-9-22-25)24-14-12-23(13-15-24)17-7-3-2-6-16(17)19/h2-3,5-7,9,11H,4,8,10,12-15H2,1H3,(H,20,21). The van der Waals surface area contributed by atoms with Crippen LogP contribution in [-0.4, -0.2) is 60.4 Å². The molecule has 0 atom stereocenters. The first-order chi connectivity index (χ1) is 12.3. The number of nitrogens with zero attached hydrogens (tertiary/aromatic N) is 5. The molecule has 1 aliphatic heterocycles. The van der Waals surface area contributed by atoms with Gasteiger partial charge in [0.2, 0.25) is 0 Å². The van der Waals surface area contributed by atoms with Crippen molar-refractivity contribution in [2.45, 2.75) is 13.0 Å². The first-order valence-electron chi connectivity index (χ1n) is 8.70. The van der Waals surface area contributed by atoms with Crippen LogP contribution in [0, 0.1) is 0 Å². The number of anilines is 1. The van der Waals surface area contributed by atoms with Crippen LogP contribution in [0.5, 0.6) is 0 Å². The van der Waals surface area contributed by atoms with E-state index in [-0.39, 0.29) is 0 Å². The maximum absolute atomic E-state index is 6.31. The molecule has 25 heavy (non-hydrogen) atoms. The highest BCUT2D eigenvalue weighted by Crippen LogP contribution is 2.25. The quantitative estimate of drug-likeness (QED) is 0.505. The second-order valence-corrected chi connectivity index (χ2v) is 6.43. The van der Waals surface area contributed by atoms with E-state index in [1.54, 1.807) is 0 Å². The summed E-state index contributed by atoms with van der Waals surface area (Å²) < 4.78 is 1.95. The van der Waals surface area contributed by atoms with Crippen molar-refractivity contribution in [1.82, 2.24) is 20.0 Å². The molecular weight excluding hydrogens is 336 g/mol. The Kier molecular flexibility index (Phi) is 6.17. The van der Waals surface area contributed by atoms with Crippen molar-refractivity contribution in [2.24, 2.45) is 4.99 Å². The molecule has 1 aliphatic rings. The SMILES string of the molecule is CN=C(NCCCn1cccn1)N1CCN(c2ccccc2Cl)CC1. The van der Waals surface area contributed by atoms with E-state index in [2.05, 4.69) is 31.3 Å². The number of nitrogens with one attached hydrogen (secondary N) is 1. The summed E-state index contributed by atoms with van der Waals surface area (Å²) in [6, 6.07) is 9.99. The Morgan fingerprint density at radius 1 is 1.20 bits per heavy atom. The van der Waals surface area contributed by atoms with Crippen LogP contribution in [-0.2, 0) is 6.54 Å². The Labute approximate surface area is 154 Å². The number of aliphatic imine (C=N–C) groups is 1. The molecule has 2 aromatic rings. The second-order valence-electron chi connectivity index (χ2n) is 6.02. The van der Waals surface area contributed by atoms with Crippen LogP contribution in [0.25, 0.3) is 0 Å². The maximum Gasteiger partial charge on any atom is 0.193 e. The number of guanidine groups is 1. The normalized spacial score (nSPS) is 15.5. The molecule has 0 amide bonds. The van der Waals surface area contributed by atoms with E-state index in [0.29, 0.717) is 0 Å². The minimum absolute atomic E-state index is 0.817. The number of benzene rings is 1. The number of halogens is 1. The zero-order valence-electron chi connectivity index (χ0n) is 14.6. The Morgan fingerprint density at radius 2 is 2.00 bits per heavy atom. The lowest BCUT2D eigenvalue weighted by Crippen LogP contribution is -2.52. The third kappa shape index (κ3) is 4.66. The first kappa shape index (κ1) is 17.6. The fourth-order valence-electron chi connectivity index (χ4n) is 3.07. The van der Waals surface area contributed by atoms with Crippen molar-refractivity contribution in [3.63, 3.8) is 0 Å². The van der Waals surface area contributed by atoms with E-state index >= 15 is 0 Å². The summed E-state index contributed by atoms with van der Waals surface area (Å²) in [4.78, 5) is 9.07. The van der Waals surface area contributed by atoms with Crippen molar-refractivity contribution < 1.29 is 0 Å². The van der Waals surface area contributed by atoms with Gasteiger partial charge in [-0.15, -0.1) is 0 Å². The number of piperazine rings is 1. The van der Waals surface area contributed by atoms with Gasteiger partial charge in [-0.1, -0.05) is 23.7 Å². The van der Waals surface area contributed by atoms with E-state index < -0.39 is 0 Å². The van der Waals surface area contributed by atoms with Gasteiger partial charge in [-0.05, 0) is 24.6 Å². The number of para-hydroxylation sites is 1. The van der Waals surface area contributed by atoms with Crippen molar-refractivity contribution in [1.29, 1.82) is 0 Å². The lowest BCUT2D eigenvalue weighted by molar-refractivity contribution is 0.371. The molecule has 1 fully saturated rings. The largest absolute Gasteiger partial charge is 0.367 e. The fraction of sp³-hybridized carbons (Fsp3) is 0.444. The topological polar surface area (TPSA) is 48.7 Å². The number of hydrogen-bond donors (Lipinski definition) is 1. The molecule has 0 aliphatic carbocycles. The lowest BCUT2D eigenvalue weighted by atomic mass is 10.2. The summed E-state index contributed by atoms with van der Waals surface area (Å²) in [7, 11) is 1.84. The molecule has 0 radical (unpaired) electrons. The molecule has 1 saturated heterocycles. The zero-order valence-corrected chi connectivity index (χ0v) is 15.4. The van der Waals surface area contributed by atoms with Crippen LogP contribution in [0.4, 0.5) is 5.69 Å². The Bertz CT molecular complexity index is 677. The number of rotatable bonds is 5. The molecule has 0 saturated carbocycles. The molecule has 1 aromatic heterocycles. The molecule has 134 valence electrons. The Morgan fingerprint density at radius 3 is 2.68 bits per heavy atom. The van der Waals surface area contributed by atoms with Crippen LogP contribution in [0.2, 0.25) is 5.02 Å². The summed E-state index contributed by atoms with van der Waals surface area (Å²) in [5.74, 6) is 0.972.